The van der Waals surface area contributed by atoms with Gasteiger partial charge in [-0.3, -0.25) is 0 Å². The van der Waals surface area contributed by atoms with E-state index in [0.29, 0.717) is 5.95 Å². The number of nitrogens with one attached hydrogen (secondary N) is 1. The van der Waals surface area contributed by atoms with E-state index in [0.717, 1.165) is 25.9 Å². The molecule has 0 amide bonds. The van der Waals surface area contributed by atoms with Crippen molar-refractivity contribution in [1.29, 1.82) is 0 Å². The van der Waals surface area contributed by atoms with Gasteiger partial charge in [-0.25, -0.2) is 8.78 Å². The number of nitrogens with zero attached hydrogens (tertiary/aromatic N) is 4. The number of rotatable bonds is 3. The normalized spacial score (nSPS) is 15.5. The molecule has 1 aliphatic heterocycles. The molecule has 3 rings (SSSR count). The maximum Gasteiger partial charge on any atom is 0.247 e. The van der Waals surface area contributed by atoms with Crippen LogP contribution in [0.1, 0.15) is 25.7 Å². The Balaban J connectivity index is 1.82. The van der Waals surface area contributed by atoms with Crippen LogP contribution in [0.3, 0.4) is 0 Å². The van der Waals surface area contributed by atoms with E-state index in [4.69, 9.17) is 0 Å². The summed E-state index contributed by atoms with van der Waals surface area (Å²) in [7, 11) is 0. The van der Waals surface area contributed by atoms with Crippen LogP contribution in [-0.4, -0.2) is 28.3 Å². The molecule has 1 aliphatic rings. The van der Waals surface area contributed by atoms with Gasteiger partial charge in [0.05, 0.1) is 6.20 Å². The van der Waals surface area contributed by atoms with E-state index in [1.165, 1.54) is 37.2 Å². The van der Waals surface area contributed by atoms with E-state index in [1.807, 2.05) is 0 Å². The minimum atomic E-state index is -0.671. The Morgan fingerprint density at radius 3 is 2.36 bits per heavy atom. The van der Waals surface area contributed by atoms with Gasteiger partial charge in [0.15, 0.2) is 5.82 Å². The van der Waals surface area contributed by atoms with Crippen LogP contribution in [0, 0.1) is 11.6 Å². The van der Waals surface area contributed by atoms with Gasteiger partial charge in [-0.15, -0.1) is 5.10 Å². The molecule has 2 heterocycles. The maximum absolute atomic E-state index is 13.7. The predicted molar refractivity (Wildman–Crippen MR) is 80.1 cm³/mol. The second-order valence-corrected chi connectivity index (χ2v) is 5.26. The van der Waals surface area contributed by atoms with E-state index >= 15 is 0 Å². The Labute approximate surface area is 127 Å². The number of benzene rings is 1. The summed E-state index contributed by atoms with van der Waals surface area (Å²) < 4.78 is 27.3. The molecule has 0 radical (unpaired) electrons. The van der Waals surface area contributed by atoms with Crippen LogP contribution < -0.4 is 10.2 Å². The fourth-order valence-corrected chi connectivity index (χ4v) is 2.50. The van der Waals surface area contributed by atoms with Crippen LogP contribution in [0.25, 0.3) is 0 Å². The second kappa shape index (κ2) is 6.64. The summed E-state index contributed by atoms with van der Waals surface area (Å²) in [6.45, 7) is 1.75. The number of hydrogen-bond acceptors (Lipinski definition) is 5. The van der Waals surface area contributed by atoms with Crippen molar-refractivity contribution in [3.8, 4) is 0 Å². The van der Waals surface area contributed by atoms with Gasteiger partial charge in [0.25, 0.3) is 0 Å². The lowest BCUT2D eigenvalue weighted by Gasteiger charge is -2.19. The molecule has 0 saturated carbocycles. The van der Waals surface area contributed by atoms with E-state index < -0.39 is 11.6 Å². The highest BCUT2D eigenvalue weighted by atomic mass is 19.1. The zero-order chi connectivity index (χ0) is 15.4. The van der Waals surface area contributed by atoms with Crippen molar-refractivity contribution in [3.63, 3.8) is 0 Å². The molecule has 0 bridgehead atoms. The highest BCUT2D eigenvalue weighted by Crippen LogP contribution is 2.23. The topological polar surface area (TPSA) is 53.9 Å². The van der Waals surface area contributed by atoms with Gasteiger partial charge in [0.1, 0.15) is 17.3 Å². The van der Waals surface area contributed by atoms with Crippen LogP contribution in [0.2, 0.25) is 0 Å². The molecule has 1 aromatic heterocycles. The number of halogens is 2. The lowest BCUT2D eigenvalue weighted by Crippen LogP contribution is -2.26. The molecule has 5 nitrogen and oxygen atoms in total. The van der Waals surface area contributed by atoms with Crippen molar-refractivity contribution in [2.75, 3.05) is 23.3 Å². The monoisotopic (exact) mass is 305 g/mol. The Bertz CT molecular complexity index is 621. The highest BCUT2D eigenvalue weighted by molar-refractivity contribution is 5.57. The number of hydrogen-bond donors (Lipinski definition) is 1. The van der Waals surface area contributed by atoms with E-state index in [-0.39, 0.29) is 11.5 Å². The van der Waals surface area contributed by atoms with Crippen LogP contribution in [0.5, 0.6) is 0 Å². The van der Waals surface area contributed by atoms with Crippen molar-refractivity contribution < 1.29 is 8.78 Å². The maximum atomic E-state index is 13.7. The molecule has 1 aromatic carbocycles. The Kier molecular flexibility index (Phi) is 4.41. The molecule has 22 heavy (non-hydrogen) atoms. The van der Waals surface area contributed by atoms with Crippen molar-refractivity contribution in [2.45, 2.75) is 25.7 Å². The van der Waals surface area contributed by atoms with Gasteiger partial charge in [0.2, 0.25) is 5.95 Å². The van der Waals surface area contributed by atoms with Gasteiger partial charge in [0, 0.05) is 13.1 Å². The van der Waals surface area contributed by atoms with Gasteiger partial charge >= 0.3 is 0 Å². The Morgan fingerprint density at radius 2 is 1.68 bits per heavy atom. The summed E-state index contributed by atoms with van der Waals surface area (Å²) in [5.41, 5.74) is -0.232. The summed E-state index contributed by atoms with van der Waals surface area (Å²) in [4.78, 5) is 6.38. The molecule has 1 fully saturated rings. The third-order valence-electron chi connectivity index (χ3n) is 3.65. The van der Waals surface area contributed by atoms with Crippen molar-refractivity contribution in [3.05, 3.63) is 36.0 Å². The molecule has 2 aromatic rings. The molecule has 116 valence electrons. The number of anilines is 3. The van der Waals surface area contributed by atoms with Crippen molar-refractivity contribution >= 4 is 17.5 Å². The average molecular weight is 305 g/mol. The summed E-state index contributed by atoms with van der Waals surface area (Å²) in [5.74, 6) is -0.577. The molecule has 7 heteroatoms. The molecular formula is C15H17F2N5. The van der Waals surface area contributed by atoms with E-state index in [2.05, 4.69) is 25.4 Å². The highest BCUT2D eigenvalue weighted by Gasteiger charge is 2.15. The van der Waals surface area contributed by atoms with Crippen LogP contribution in [-0.2, 0) is 0 Å². The molecule has 1 N–H and O–H groups in total. The number of aromatic nitrogens is 3. The van der Waals surface area contributed by atoms with Crippen LogP contribution >= 0.6 is 0 Å². The minimum absolute atomic E-state index is 0.232. The third-order valence-corrected chi connectivity index (χ3v) is 3.65. The zero-order valence-corrected chi connectivity index (χ0v) is 12.1. The van der Waals surface area contributed by atoms with Gasteiger partial charge in [-0.2, -0.15) is 10.1 Å². The quantitative estimate of drug-likeness (QED) is 0.943. The Morgan fingerprint density at radius 1 is 1.00 bits per heavy atom. The Hall–Kier alpha value is -2.31. The first-order valence-corrected chi connectivity index (χ1v) is 7.40. The smallest absolute Gasteiger partial charge is 0.247 e. The lowest BCUT2D eigenvalue weighted by molar-refractivity contribution is 0.590. The molecule has 0 spiro atoms. The molecule has 0 atom stereocenters. The summed E-state index contributed by atoms with van der Waals surface area (Å²) in [6, 6.07) is 3.70. The van der Waals surface area contributed by atoms with Crippen molar-refractivity contribution in [2.24, 2.45) is 0 Å². The van der Waals surface area contributed by atoms with Crippen LogP contribution in [0.4, 0.5) is 26.2 Å². The summed E-state index contributed by atoms with van der Waals surface area (Å²) in [6.07, 6.45) is 5.92. The minimum Gasteiger partial charge on any atom is -0.339 e. The lowest BCUT2D eigenvalue weighted by atomic mass is 10.2. The standard InChI is InChI=1S/C15H17F2N5/c16-11-6-5-7-12(17)14(11)19-13-10-18-21-15(20-13)22-8-3-1-2-4-9-22/h5-7,10H,1-4,8-9H2,(H,19,20,21). The first kappa shape index (κ1) is 14.6. The van der Waals surface area contributed by atoms with Crippen molar-refractivity contribution in [1.82, 2.24) is 15.2 Å². The largest absolute Gasteiger partial charge is 0.339 e. The summed E-state index contributed by atoms with van der Waals surface area (Å²) in [5, 5.41) is 10.6. The first-order chi connectivity index (χ1) is 10.7. The average Bonchev–Trinajstić information content (AvgIpc) is 2.81. The fourth-order valence-electron chi connectivity index (χ4n) is 2.50. The first-order valence-electron chi connectivity index (χ1n) is 7.40. The SMILES string of the molecule is Fc1cccc(F)c1Nc1cnnc(N2CCCCCC2)n1. The van der Waals surface area contributed by atoms with E-state index in [9.17, 15) is 8.78 Å². The van der Waals surface area contributed by atoms with Crippen LogP contribution in [0.15, 0.2) is 24.4 Å². The molecule has 0 unspecified atom stereocenters. The predicted octanol–water partition coefficient (Wildman–Crippen LogP) is 3.27. The van der Waals surface area contributed by atoms with E-state index in [1.54, 1.807) is 0 Å². The zero-order valence-electron chi connectivity index (χ0n) is 12.1. The van der Waals surface area contributed by atoms with Gasteiger partial charge < -0.3 is 10.2 Å². The number of para-hydroxylation sites is 1. The van der Waals surface area contributed by atoms with Gasteiger partial charge in [-0.05, 0) is 25.0 Å². The second-order valence-electron chi connectivity index (χ2n) is 5.26. The fraction of sp³-hybridized carbons (Fsp3) is 0.400. The molecule has 1 saturated heterocycles. The van der Waals surface area contributed by atoms with Gasteiger partial charge in [-0.1, -0.05) is 18.9 Å². The molecular weight excluding hydrogens is 288 g/mol. The molecule has 0 aliphatic carbocycles. The summed E-state index contributed by atoms with van der Waals surface area (Å²) >= 11 is 0. The third kappa shape index (κ3) is 3.29.